The summed E-state index contributed by atoms with van der Waals surface area (Å²) < 4.78 is 0. The minimum Gasteiger partial charge on any atom is -0.368 e. The summed E-state index contributed by atoms with van der Waals surface area (Å²) in [4.78, 5) is 6.08. The van der Waals surface area contributed by atoms with Crippen molar-refractivity contribution in [1.82, 2.24) is 15.2 Å². The van der Waals surface area contributed by atoms with Crippen LogP contribution in [0.25, 0.3) is 0 Å². The predicted octanol–water partition coefficient (Wildman–Crippen LogP) is 1.01. The maximum absolute atomic E-state index is 5.45. The lowest BCUT2D eigenvalue weighted by Gasteiger charge is -2.33. The zero-order valence-electron chi connectivity index (χ0n) is 8.63. The lowest BCUT2D eigenvalue weighted by molar-refractivity contribution is 0.464. The molecule has 1 aromatic rings. The summed E-state index contributed by atoms with van der Waals surface area (Å²) >= 11 is 0. The largest absolute Gasteiger partial charge is 0.368 e. The Labute approximate surface area is 78.3 Å². The molecule has 0 aromatic carbocycles. The molecule has 0 radical (unpaired) electrons. The summed E-state index contributed by atoms with van der Waals surface area (Å²) in [6, 6.07) is 0. The van der Waals surface area contributed by atoms with E-state index in [4.69, 9.17) is 5.73 Å². The highest BCUT2D eigenvalue weighted by Crippen LogP contribution is 2.21. The Balaban J connectivity index is 2.84. The lowest BCUT2D eigenvalue weighted by atomic mass is 10.0. The number of nitrogen functional groups attached to an aromatic ring is 1. The molecule has 0 atom stereocenters. The molecule has 0 saturated heterocycles. The fraction of sp³-hybridized carbons (Fsp3) is 0.750. The van der Waals surface area contributed by atoms with Gasteiger partial charge in [-0.15, -0.1) is 5.10 Å². The zero-order valence-corrected chi connectivity index (χ0v) is 8.63. The van der Waals surface area contributed by atoms with E-state index in [9.17, 15) is 0 Å². The third-order valence-corrected chi connectivity index (χ3v) is 2.56. The van der Waals surface area contributed by atoms with Gasteiger partial charge < -0.3 is 10.6 Å². The molecule has 0 fully saturated rings. The van der Waals surface area contributed by atoms with Gasteiger partial charge in [0, 0.05) is 12.6 Å². The van der Waals surface area contributed by atoms with E-state index in [0.29, 0.717) is 11.9 Å². The van der Waals surface area contributed by atoms with Gasteiger partial charge in [-0.25, -0.2) is 5.10 Å². The van der Waals surface area contributed by atoms with Crippen molar-refractivity contribution in [3.8, 4) is 0 Å². The number of hydrogen-bond acceptors (Lipinski definition) is 4. The number of anilines is 2. The second-order valence-corrected chi connectivity index (χ2v) is 3.75. The van der Waals surface area contributed by atoms with Gasteiger partial charge in [-0.2, -0.15) is 4.98 Å². The van der Waals surface area contributed by atoms with Crippen molar-refractivity contribution in [3.63, 3.8) is 0 Å². The molecular weight excluding hydrogens is 166 g/mol. The van der Waals surface area contributed by atoms with Crippen LogP contribution < -0.4 is 10.6 Å². The fourth-order valence-corrected chi connectivity index (χ4v) is 0.923. The zero-order chi connectivity index (χ0) is 10.1. The SMILES string of the molecule is CCC(C)(C)N(C)c1n[nH]c(N)n1. The monoisotopic (exact) mass is 183 g/mol. The molecular formula is C8H17N5. The van der Waals surface area contributed by atoms with Crippen LogP contribution in [0.1, 0.15) is 27.2 Å². The molecule has 1 rings (SSSR count). The summed E-state index contributed by atoms with van der Waals surface area (Å²) in [5.41, 5.74) is 5.50. The van der Waals surface area contributed by atoms with Crippen molar-refractivity contribution >= 4 is 11.9 Å². The van der Waals surface area contributed by atoms with Crippen molar-refractivity contribution in [2.45, 2.75) is 32.7 Å². The Morgan fingerprint density at radius 1 is 1.54 bits per heavy atom. The first kappa shape index (κ1) is 9.83. The minimum atomic E-state index is 0.0502. The van der Waals surface area contributed by atoms with Crippen LogP contribution in [0.2, 0.25) is 0 Å². The summed E-state index contributed by atoms with van der Waals surface area (Å²) in [6.07, 6.45) is 1.03. The normalized spacial score (nSPS) is 11.7. The maximum Gasteiger partial charge on any atom is 0.246 e. The standard InChI is InChI=1S/C8H17N5/c1-5-8(2,3)13(4)7-10-6(9)11-12-7/h5H2,1-4H3,(H3,9,10,11,12). The van der Waals surface area contributed by atoms with Gasteiger partial charge in [0.05, 0.1) is 0 Å². The molecule has 5 nitrogen and oxygen atoms in total. The van der Waals surface area contributed by atoms with Crippen LogP contribution >= 0.6 is 0 Å². The Morgan fingerprint density at radius 2 is 2.15 bits per heavy atom. The number of rotatable bonds is 3. The summed E-state index contributed by atoms with van der Waals surface area (Å²) in [6.45, 7) is 6.41. The molecule has 13 heavy (non-hydrogen) atoms. The van der Waals surface area contributed by atoms with Gasteiger partial charge in [-0.3, -0.25) is 0 Å². The predicted molar refractivity (Wildman–Crippen MR) is 53.6 cm³/mol. The fourth-order valence-electron chi connectivity index (χ4n) is 0.923. The molecule has 0 bridgehead atoms. The van der Waals surface area contributed by atoms with Crippen LogP contribution in [0.15, 0.2) is 0 Å². The summed E-state index contributed by atoms with van der Waals surface area (Å²) in [7, 11) is 1.96. The van der Waals surface area contributed by atoms with Crippen molar-refractivity contribution in [1.29, 1.82) is 0 Å². The highest BCUT2D eigenvalue weighted by Gasteiger charge is 2.23. The second kappa shape index (κ2) is 3.24. The molecule has 0 unspecified atom stereocenters. The molecule has 1 heterocycles. The lowest BCUT2D eigenvalue weighted by Crippen LogP contribution is -2.41. The van der Waals surface area contributed by atoms with E-state index in [2.05, 4.69) is 36.0 Å². The van der Waals surface area contributed by atoms with E-state index >= 15 is 0 Å². The van der Waals surface area contributed by atoms with Crippen LogP contribution in [0.4, 0.5) is 11.9 Å². The molecule has 74 valence electrons. The first-order valence-electron chi connectivity index (χ1n) is 4.39. The van der Waals surface area contributed by atoms with Gasteiger partial charge in [0.2, 0.25) is 11.9 Å². The average molecular weight is 183 g/mol. The van der Waals surface area contributed by atoms with E-state index in [-0.39, 0.29) is 5.54 Å². The first-order chi connectivity index (χ1) is 5.97. The molecule has 0 amide bonds. The van der Waals surface area contributed by atoms with Crippen molar-refractivity contribution < 1.29 is 0 Å². The van der Waals surface area contributed by atoms with Gasteiger partial charge in [0.1, 0.15) is 0 Å². The van der Waals surface area contributed by atoms with E-state index in [0.717, 1.165) is 6.42 Å². The van der Waals surface area contributed by atoms with Crippen LogP contribution in [0.3, 0.4) is 0 Å². The highest BCUT2D eigenvalue weighted by molar-refractivity contribution is 5.35. The molecule has 0 aliphatic rings. The third-order valence-electron chi connectivity index (χ3n) is 2.56. The molecule has 5 heteroatoms. The van der Waals surface area contributed by atoms with Crippen molar-refractivity contribution in [2.75, 3.05) is 17.7 Å². The number of aromatic nitrogens is 3. The van der Waals surface area contributed by atoms with Crippen molar-refractivity contribution in [3.05, 3.63) is 0 Å². The third kappa shape index (κ3) is 1.91. The maximum atomic E-state index is 5.45. The van der Waals surface area contributed by atoms with Crippen LogP contribution in [0.5, 0.6) is 0 Å². The quantitative estimate of drug-likeness (QED) is 0.733. The second-order valence-electron chi connectivity index (χ2n) is 3.75. The number of aromatic amines is 1. The molecule has 3 N–H and O–H groups in total. The Bertz CT molecular complexity index is 278. The smallest absolute Gasteiger partial charge is 0.246 e. The van der Waals surface area contributed by atoms with Gasteiger partial charge in [0.15, 0.2) is 0 Å². The van der Waals surface area contributed by atoms with Gasteiger partial charge in [-0.05, 0) is 20.3 Å². The molecule has 0 aliphatic heterocycles. The first-order valence-corrected chi connectivity index (χ1v) is 4.39. The Hall–Kier alpha value is -1.26. The van der Waals surface area contributed by atoms with Crippen molar-refractivity contribution in [2.24, 2.45) is 0 Å². The highest BCUT2D eigenvalue weighted by atomic mass is 15.4. The van der Waals surface area contributed by atoms with Crippen LogP contribution in [-0.4, -0.2) is 27.8 Å². The number of nitrogens with zero attached hydrogens (tertiary/aromatic N) is 3. The molecule has 1 aromatic heterocycles. The molecule has 0 spiro atoms. The van der Waals surface area contributed by atoms with E-state index < -0.39 is 0 Å². The van der Waals surface area contributed by atoms with E-state index in [1.807, 2.05) is 11.9 Å². The summed E-state index contributed by atoms with van der Waals surface area (Å²) in [5, 5.41) is 6.62. The van der Waals surface area contributed by atoms with Crippen LogP contribution in [0, 0.1) is 0 Å². The number of nitrogens with two attached hydrogens (primary N) is 1. The van der Waals surface area contributed by atoms with Gasteiger partial charge >= 0.3 is 0 Å². The molecule has 0 saturated carbocycles. The van der Waals surface area contributed by atoms with Gasteiger partial charge in [-0.1, -0.05) is 6.92 Å². The van der Waals surface area contributed by atoms with Gasteiger partial charge in [0.25, 0.3) is 0 Å². The molecule has 0 aliphatic carbocycles. The number of nitrogens with one attached hydrogen (secondary N) is 1. The van der Waals surface area contributed by atoms with E-state index in [1.165, 1.54) is 0 Å². The Kier molecular flexibility index (Phi) is 2.45. The minimum absolute atomic E-state index is 0.0502. The summed E-state index contributed by atoms with van der Waals surface area (Å²) in [5.74, 6) is 0.998. The number of hydrogen-bond donors (Lipinski definition) is 2. The topological polar surface area (TPSA) is 70.8 Å². The number of H-pyrrole nitrogens is 1. The Morgan fingerprint density at radius 3 is 2.54 bits per heavy atom. The van der Waals surface area contributed by atoms with Crippen LogP contribution in [-0.2, 0) is 0 Å². The van der Waals surface area contributed by atoms with E-state index in [1.54, 1.807) is 0 Å². The average Bonchev–Trinajstić information content (AvgIpc) is 2.50.